The number of ketones is 1. The Kier molecular flexibility index (Phi) is 3.65. The Balaban J connectivity index is 2.28. The van der Waals surface area contributed by atoms with Crippen LogP contribution in [0, 0.1) is 12.8 Å². The standard InChI is InChI=1S/C16H16O3/c1-10-3-4-13-9-14(6-5-12(13)7-10)15(17)8-11(2)16(18)19/h3-7,9,11H,8H2,1-2H3,(H,18,19). The second-order valence-corrected chi connectivity index (χ2v) is 4.93. The zero-order chi connectivity index (χ0) is 14.0. The highest BCUT2D eigenvalue weighted by Gasteiger charge is 2.17. The van der Waals surface area contributed by atoms with Crippen molar-refractivity contribution in [2.45, 2.75) is 20.3 Å². The Bertz CT molecular complexity index is 643. The smallest absolute Gasteiger partial charge is 0.306 e. The molecule has 2 aromatic carbocycles. The molecule has 2 rings (SSSR count). The van der Waals surface area contributed by atoms with Gasteiger partial charge in [0.25, 0.3) is 0 Å². The summed E-state index contributed by atoms with van der Waals surface area (Å²) in [5, 5.41) is 10.9. The number of aliphatic carboxylic acids is 1. The first kappa shape index (κ1) is 13.3. The van der Waals surface area contributed by atoms with Gasteiger partial charge < -0.3 is 5.11 Å². The highest BCUT2D eigenvalue weighted by atomic mass is 16.4. The minimum atomic E-state index is -0.940. The molecular formula is C16H16O3. The highest BCUT2D eigenvalue weighted by Crippen LogP contribution is 2.19. The topological polar surface area (TPSA) is 54.4 Å². The van der Waals surface area contributed by atoms with Crippen molar-refractivity contribution in [1.29, 1.82) is 0 Å². The molecule has 0 saturated carbocycles. The maximum atomic E-state index is 12.0. The summed E-state index contributed by atoms with van der Waals surface area (Å²) in [7, 11) is 0. The van der Waals surface area contributed by atoms with Crippen molar-refractivity contribution in [2.75, 3.05) is 0 Å². The number of carboxylic acid groups (broad SMARTS) is 1. The Labute approximate surface area is 111 Å². The molecule has 19 heavy (non-hydrogen) atoms. The van der Waals surface area contributed by atoms with Crippen molar-refractivity contribution in [3.63, 3.8) is 0 Å². The molecule has 0 radical (unpaired) electrons. The summed E-state index contributed by atoms with van der Waals surface area (Å²) >= 11 is 0. The Morgan fingerprint density at radius 2 is 1.74 bits per heavy atom. The van der Waals surface area contributed by atoms with Crippen molar-refractivity contribution < 1.29 is 14.7 Å². The van der Waals surface area contributed by atoms with Crippen molar-refractivity contribution in [2.24, 2.45) is 5.92 Å². The first-order valence-corrected chi connectivity index (χ1v) is 6.24. The molecule has 0 amide bonds. The fourth-order valence-electron chi connectivity index (χ4n) is 2.02. The fraction of sp³-hybridized carbons (Fsp3) is 0.250. The summed E-state index contributed by atoms with van der Waals surface area (Å²) in [6.07, 6.45) is 0.0344. The van der Waals surface area contributed by atoms with Crippen LogP contribution in [0.15, 0.2) is 36.4 Å². The lowest BCUT2D eigenvalue weighted by Gasteiger charge is -2.07. The molecule has 0 aliphatic rings. The number of carbonyl (C=O) groups is 2. The van der Waals surface area contributed by atoms with Crippen LogP contribution in [-0.4, -0.2) is 16.9 Å². The van der Waals surface area contributed by atoms with Crippen LogP contribution in [0.3, 0.4) is 0 Å². The third-order valence-electron chi connectivity index (χ3n) is 3.23. The minimum absolute atomic E-state index is 0.0344. The minimum Gasteiger partial charge on any atom is -0.481 e. The molecule has 3 heteroatoms. The van der Waals surface area contributed by atoms with Gasteiger partial charge in [-0.25, -0.2) is 0 Å². The zero-order valence-electron chi connectivity index (χ0n) is 11.0. The van der Waals surface area contributed by atoms with Gasteiger partial charge in [-0.2, -0.15) is 0 Å². The number of hydrogen-bond acceptors (Lipinski definition) is 2. The molecule has 0 aromatic heterocycles. The number of benzene rings is 2. The van der Waals surface area contributed by atoms with E-state index in [-0.39, 0.29) is 12.2 Å². The van der Waals surface area contributed by atoms with Gasteiger partial charge in [-0.05, 0) is 23.8 Å². The van der Waals surface area contributed by atoms with E-state index in [1.165, 1.54) is 5.56 Å². The third-order valence-corrected chi connectivity index (χ3v) is 3.23. The molecule has 0 fully saturated rings. The van der Waals surface area contributed by atoms with E-state index in [1.807, 2.05) is 31.2 Å². The quantitative estimate of drug-likeness (QED) is 0.852. The Hall–Kier alpha value is -2.16. The number of carboxylic acids is 1. The summed E-state index contributed by atoms with van der Waals surface area (Å²) in [6.45, 7) is 3.57. The van der Waals surface area contributed by atoms with Crippen LogP contribution in [-0.2, 0) is 4.79 Å². The van der Waals surface area contributed by atoms with Gasteiger partial charge >= 0.3 is 5.97 Å². The van der Waals surface area contributed by atoms with Crippen molar-refractivity contribution in [3.05, 3.63) is 47.5 Å². The van der Waals surface area contributed by atoms with E-state index in [4.69, 9.17) is 5.11 Å². The molecule has 0 spiro atoms. The summed E-state index contributed by atoms with van der Waals surface area (Å²) in [4.78, 5) is 22.8. The predicted octanol–water partition coefficient (Wildman–Crippen LogP) is 3.44. The van der Waals surface area contributed by atoms with Crippen LogP contribution in [0.4, 0.5) is 0 Å². The lowest BCUT2D eigenvalue weighted by atomic mass is 9.97. The van der Waals surface area contributed by atoms with Gasteiger partial charge in [0.15, 0.2) is 5.78 Å². The molecule has 1 atom stereocenters. The van der Waals surface area contributed by atoms with Gasteiger partial charge in [0, 0.05) is 12.0 Å². The molecule has 0 saturated heterocycles. The highest BCUT2D eigenvalue weighted by molar-refractivity contribution is 6.01. The van der Waals surface area contributed by atoms with Gasteiger partial charge in [-0.1, -0.05) is 42.8 Å². The maximum absolute atomic E-state index is 12.0. The summed E-state index contributed by atoms with van der Waals surface area (Å²) in [6, 6.07) is 11.5. The lowest BCUT2D eigenvalue weighted by molar-refractivity contribution is -0.141. The van der Waals surface area contributed by atoms with E-state index < -0.39 is 11.9 Å². The molecule has 0 heterocycles. The first-order valence-electron chi connectivity index (χ1n) is 6.24. The van der Waals surface area contributed by atoms with Crippen LogP contribution in [0.25, 0.3) is 10.8 Å². The fourth-order valence-corrected chi connectivity index (χ4v) is 2.02. The molecule has 3 nitrogen and oxygen atoms in total. The van der Waals surface area contributed by atoms with Crippen LogP contribution in [0.2, 0.25) is 0 Å². The lowest BCUT2D eigenvalue weighted by Crippen LogP contribution is -2.14. The van der Waals surface area contributed by atoms with E-state index in [1.54, 1.807) is 13.0 Å². The normalized spacial score (nSPS) is 12.3. The largest absolute Gasteiger partial charge is 0.481 e. The predicted molar refractivity (Wildman–Crippen MR) is 74.4 cm³/mol. The zero-order valence-corrected chi connectivity index (χ0v) is 11.0. The van der Waals surface area contributed by atoms with Crippen molar-refractivity contribution in [1.82, 2.24) is 0 Å². The molecule has 1 N–H and O–H groups in total. The molecule has 0 aliphatic carbocycles. The first-order chi connectivity index (χ1) is 8.97. The maximum Gasteiger partial charge on any atom is 0.306 e. The second kappa shape index (κ2) is 5.22. The van der Waals surface area contributed by atoms with E-state index in [9.17, 15) is 9.59 Å². The van der Waals surface area contributed by atoms with Crippen molar-refractivity contribution >= 4 is 22.5 Å². The number of aryl methyl sites for hydroxylation is 1. The Morgan fingerprint density at radius 3 is 2.42 bits per heavy atom. The average molecular weight is 256 g/mol. The number of rotatable bonds is 4. The van der Waals surface area contributed by atoms with Gasteiger partial charge in [0.05, 0.1) is 5.92 Å². The van der Waals surface area contributed by atoms with E-state index in [0.29, 0.717) is 5.56 Å². The third kappa shape index (κ3) is 2.99. The van der Waals surface area contributed by atoms with E-state index in [0.717, 1.165) is 10.8 Å². The van der Waals surface area contributed by atoms with Crippen molar-refractivity contribution in [3.8, 4) is 0 Å². The molecule has 98 valence electrons. The van der Waals surface area contributed by atoms with Crippen LogP contribution in [0.1, 0.15) is 29.3 Å². The summed E-state index contributed by atoms with van der Waals surface area (Å²) < 4.78 is 0. The van der Waals surface area contributed by atoms with Crippen LogP contribution in [0.5, 0.6) is 0 Å². The molecule has 1 unspecified atom stereocenters. The van der Waals surface area contributed by atoms with Gasteiger partial charge in [0.1, 0.15) is 0 Å². The van der Waals surface area contributed by atoms with Gasteiger partial charge in [-0.15, -0.1) is 0 Å². The Morgan fingerprint density at radius 1 is 1.11 bits per heavy atom. The van der Waals surface area contributed by atoms with E-state index in [2.05, 4.69) is 6.07 Å². The van der Waals surface area contributed by atoms with Gasteiger partial charge in [0.2, 0.25) is 0 Å². The average Bonchev–Trinajstić information content (AvgIpc) is 2.37. The number of carbonyl (C=O) groups excluding carboxylic acids is 1. The molecule has 2 aromatic rings. The number of fused-ring (bicyclic) bond motifs is 1. The molecular weight excluding hydrogens is 240 g/mol. The molecule has 0 bridgehead atoms. The van der Waals surface area contributed by atoms with Gasteiger partial charge in [-0.3, -0.25) is 9.59 Å². The monoisotopic (exact) mass is 256 g/mol. The number of Topliss-reactive ketones (excluding diaryl/α,β-unsaturated/α-hetero) is 1. The van der Waals surface area contributed by atoms with Crippen LogP contribution < -0.4 is 0 Å². The second-order valence-electron chi connectivity index (χ2n) is 4.93. The van der Waals surface area contributed by atoms with E-state index >= 15 is 0 Å². The number of hydrogen-bond donors (Lipinski definition) is 1. The van der Waals surface area contributed by atoms with Crippen LogP contribution >= 0.6 is 0 Å². The summed E-state index contributed by atoms with van der Waals surface area (Å²) in [5.41, 5.74) is 1.75. The summed E-state index contributed by atoms with van der Waals surface area (Å²) in [5.74, 6) is -1.72. The molecule has 0 aliphatic heterocycles. The SMILES string of the molecule is Cc1ccc2cc(C(=O)CC(C)C(=O)O)ccc2c1.